The molecule has 2 aliphatic rings. The molecule has 2 aliphatic heterocycles. The quantitative estimate of drug-likeness (QED) is 0.0904. The largest absolute Gasteiger partial charge is 0.497 e. The van der Waals surface area contributed by atoms with E-state index < -0.39 is 36.0 Å². The molecule has 5 aromatic rings. The number of likely N-dealkylation sites (tertiary alicyclic amines) is 1. The van der Waals surface area contributed by atoms with Crippen LogP contribution in [0.2, 0.25) is 0 Å². The van der Waals surface area contributed by atoms with E-state index in [1.54, 1.807) is 36.4 Å². The number of cyclic esters (lactones) is 1. The first-order valence-corrected chi connectivity index (χ1v) is 18.8. The van der Waals surface area contributed by atoms with Crippen molar-refractivity contribution in [3.8, 4) is 5.75 Å². The van der Waals surface area contributed by atoms with E-state index in [-0.39, 0.29) is 24.9 Å². The van der Waals surface area contributed by atoms with Gasteiger partial charge in [-0.15, -0.1) is 0 Å². The van der Waals surface area contributed by atoms with Crippen molar-refractivity contribution >= 4 is 29.5 Å². The van der Waals surface area contributed by atoms with Crippen LogP contribution in [0.1, 0.15) is 69.4 Å². The minimum absolute atomic E-state index is 0.0188. The summed E-state index contributed by atoms with van der Waals surface area (Å²) >= 11 is 0. The van der Waals surface area contributed by atoms with Gasteiger partial charge in [0.1, 0.15) is 18.4 Å². The highest BCUT2D eigenvalue weighted by atomic mass is 16.6. The van der Waals surface area contributed by atoms with Crippen molar-refractivity contribution in [2.45, 2.75) is 49.9 Å². The number of benzene rings is 5. The molecule has 1 N–H and O–H groups in total. The molecular formula is C46H43N3O7. The fourth-order valence-electron chi connectivity index (χ4n) is 7.73. The Labute approximate surface area is 326 Å². The van der Waals surface area contributed by atoms with E-state index in [0.29, 0.717) is 46.7 Å². The summed E-state index contributed by atoms with van der Waals surface area (Å²) in [4.78, 5) is 63.7. The molecule has 5 aromatic carbocycles. The van der Waals surface area contributed by atoms with Gasteiger partial charge in [-0.1, -0.05) is 127 Å². The number of rotatable bonds is 14. The Balaban J connectivity index is 1.30. The predicted molar refractivity (Wildman–Crippen MR) is 212 cm³/mol. The molecule has 0 aliphatic carbocycles. The van der Waals surface area contributed by atoms with Gasteiger partial charge in [-0.3, -0.25) is 19.5 Å². The number of aliphatic carboxylic acids is 1. The normalized spacial score (nSPS) is 18.3. The molecule has 284 valence electrons. The molecule has 10 nitrogen and oxygen atoms in total. The Morgan fingerprint density at radius 1 is 0.821 bits per heavy atom. The molecule has 7 rings (SSSR count). The zero-order valence-corrected chi connectivity index (χ0v) is 31.1. The number of hydrogen-bond donors (Lipinski definition) is 1. The lowest BCUT2D eigenvalue weighted by Gasteiger charge is -2.27. The number of carbonyl (C=O) groups excluding carboxylic acids is 3. The number of methoxy groups -OCH3 is 1. The first-order valence-electron chi connectivity index (χ1n) is 18.8. The number of ether oxygens (including phenoxy) is 2. The lowest BCUT2D eigenvalue weighted by molar-refractivity contribution is -0.139. The first-order chi connectivity index (χ1) is 27.3. The number of amides is 2. The Kier molecular flexibility index (Phi) is 11.8. The third-order valence-corrected chi connectivity index (χ3v) is 10.6. The highest BCUT2D eigenvalue weighted by molar-refractivity contribution is 6.19. The van der Waals surface area contributed by atoms with E-state index in [1.807, 2.05) is 91.0 Å². The van der Waals surface area contributed by atoms with Gasteiger partial charge in [-0.2, -0.15) is 0 Å². The molecule has 0 bridgehead atoms. The van der Waals surface area contributed by atoms with Crippen LogP contribution in [0.25, 0.3) is 0 Å². The first kappa shape index (κ1) is 37.9. The molecular weight excluding hydrogens is 707 g/mol. The standard InChI is InChI=1S/C46H43N3O7/c1-55-35-25-23-32(24-26-35)38(28-41(50)49-40(30-56-46(49)54)33-16-7-3-8-17-33)43(45(52)53)47-42(34-18-9-4-10-19-34)36-20-11-12-21-37(36)44(51)39-22-13-27-48(39)29-31-14-5-2-6-15-31/h2-12,14-21,23-26,38-40,43H,13,22,27-30H2,1H3,(H,52,53)/t38-,39-,40-,43+/m0/s1. The minimum atomic E-state index is -1.51. The van der Waals surface area contributed by atoms with Crippen molar-refractivity contribution in [2.75, 3.05) is 20.3 Å². The molecule has 4 atom stereocenters. The molecule has 0 unspecified atom stereocenters. The summed E-state index contributed by atoms with van der Waals surface area (Å²) < 4.78 is 10.7. The summed E-state index contributed by atoms with van der Waals surface area (Å²) in [6, 6.07) is 39.8. The SMILES string of the molecule is COc1ccc([C@H](CC(=O)N2C(=O)OC[C@H]2c2ccccc2)[C@@H](N=C(c2ccccc2)c2ccccc2C(=O)[C@@H]2CCCN2Cc2ccccc2)C(=O)O)cc1. The van der Waals surface area contributed by atoms with Crippen molar-refractivity contribution in [3.63, 3.8) is 0 Å². The van der Waals surface area contributed by atoms with Crippen LogP contribution in [-0.2, 0) is 20.9 Å². The fraction of sp³-hybridized carbons (Fsp3) is 0.239. The van der Waals surface area contributed by atoms with Gasteiger partial charge in [-0.05, 0) is 48.2 Å². The van der Waals surface area contributed by atoms with Crippen LogP contribution in [-0.4, -0.2) is 76.7 Å². The summed E-state index contributed by atoms with van der Waals surface area (Å²) in [5, 5.41) is 11.0. The minimum Gasteiger partial charge on any atom is -0.497 e. The van der Waals surface area contributed by atoms with Gasteiger partial charge in [0.05, 0.1) is 18.9 Å². The number of ketones is 1. The maximum Gasteiger partial charge on any atom is 0.417 e. The third-order valence-electron chi connectivity index (χ3n) is 10.6. The van der Waals surface area contributed by atoms with E-state index in [2.05, 4.69) is 17.0 Å². The van der Waals surface area contributed by atoms with Crippen LogP contribution in [0.5, 0.6) is 5.75 Å². The Hall–Kier alpha value is -6.39. The van der Waals surface area contributed by atoms with Crippen LogP contribution in [0, 0.1) is 0 Å². The second-order valence-electron chi connectivity index (χ2n) is 14.0. The van der Waals surface area contributed by atoms with Gasteiger partial charge in [0.15, 0.2) is 11.8 Å². The van der Waals surface area contributed by atoms with Crippen molar-refractivity contribution in [3.05, 3.63) is 173 Å². The van der Waals surface area contributed by atoms with E-state index in [9.17, 15) is 24.3 Å². The molecule has 0 spiro atoms. The van der Waals surface area contributed by atoms with Gasteiger partial charge in [-0.25, -0.2) is 14.5 Å². The van der Waals surface area contributed by atoms with E-state index in [1.165, 1.54) is 7.11 Å². The number of imide groups is 1. The van der Waals surface area contributed by atoms with Crippen LogP contribution in [0.15, 0.2) is 145 Å². The summed E-state index contributed by atoms with van der Waals surface area (Å²) in [7, 11) is 1.53. The number of Topliss-reactive ketones (excluding diaryl/α,β-unsaturated/α-hetero) is 1. The Morgan fingerprint density at radius 2 is 1.45 bits per heavy atom. The van der Waals surface area contributed by atoms with Crippen molar-refractivity contribution in [1.29, 1.82) is 0 Å². The number of hydrogen-bond acceptors (Lipinski definition) is 8. The van der Waals surface area contributed by atoms with Crippen molar-refractivity contribution in [2.24, 2.45) is 4.99 Å². The van der Waals surface area contributed by atoms with E-state index in [4.69, 9.17) is 14.5 Å². The summed E-state index contributed by atoms with van der Waals surface area (Å²) in [6.45, 7) is 1.39. The molecule has 2 amide bonds. The maximum absolute atomic E-state index is 14.6. The van der Waals surface area contributed by atoms with Gasteiger partial charge in [0, 0.05) is 35.6 Å². The number of nitrogens with zero attached hydrogens (tertiary/aromatic N) is 3. The van der Waals surface area contributed by atoms with Crippen LogP contribution in [0.4, 0.5) is 4.79 Å². The van der Waals surface area contributed by atoms with Crippen molar-refractivity contribution < 1.29 is 33.8 Å². The average molecular weight is 750 g/mol. The molecule has 10 heteroatoms. The zero-order valence-electron chi connectivity index (χ0n) is 31.1. The molecule has 2 fully saturated rings. The number of aliphatic imine (C=N–C) groups is 1. The fourth-order valence-corrected chi connectivity index (χ4v) is 7.73. The average Bonchev–Trinajstić information content (AvgIpc) is 3.87. The Bertz CT molecular complexity index is 2190. The highest BCUT2D eigenvalue weighted by Crippen LogP contribution is 2.35. The maximum atomic E-state index is 14.6. The van der Waals surface area contributed by atoms with Gasteiger partial charge >= 0.3 is 12.1 Å². The van der Waals surface area contributed by atoms with Gasteiger partial charge in [0.25, 0.3) is 0 Å². The predicted octanol–water partition coefficient (Wildman–Crippen LogP) is 7.73. The van der Waals surface area contributed by atoms with Crippen LogP contribution < -0.4 is 4.74 Å². The third kappa shape index (κ3) is 8.30. The number of carboxylic acids is 1. The van der Waals surface area contributed by atoms with Crippen LogP contribution in [0.3, 0.4) is 0 Å². The molecule has 2 saturated heterocycles. The van der Waals surface area contributed by atoms with Crippen LogP contribution >= 0.6 is 0 Å². The smallest absolute Gasteiger partial charge is 0.417 e. The van der Waals surface area contributed by atoms with E-state index in [0.717, 1.165) is 29.0 Å². The second-order valence-corrected chi connectivity index (χ2v) is 14.0. The lowest BCUT2D eigenvalue weighted by atomic mass is 9.86. The zero-order chi connectivity index (χ0) is 39.0. The summed E-state index contributed by atoms with van der Waals surface area (Å²) in [6.07, 6.45) is 0.405. The van der Waals surface area contributed by atoms with Gasteiger partial charge in [0.2, 0.25) is 5.91 Å². The van der Waals surface area contributed by atoms with Crippen molar-refractivity contribution in [1.82, 2.24) is 9.80 Å². The van der Waals surface area contributed by atoms with Gasteiger partial charge < -0.3 is 14.6 Å². The molecule has 0 radical (unpaired) electrons. The number of carboxylic acid groups (broad SMARTS) is 1. The molecule has 56 heavy (non-hydrogen) atoms. The number of carbonyl (C=O) groups is 4. The second kappa shape index (κ2) is 17.4. The monoisotopic (exact) mass is 749 g/mol. The summed E-state index contributed by atoms with van der Waals surface area (Å²) in [5.74, 6) is -2.42. The lowest BCUT2D eigenvalue weighted by Crippen LogP contribution is -2.38. The topological polar surface area (TPSA) is 126 Å². The Morgan fingerprint density at radius 3 is 2.11 bits per heavy atom. The van der Waals surface area contributed by atoms with E-state index >= 15 is 0 Å². The highest BCUT2D eigenvalue weighted by Gasteiger charge is 2.42. The molecule has 0 aromatic heterocycles. The molecule has 0 saturated carbocycles. The molecule has 2 heterocycles. The summed E-state index contributed by atoms with van der Waals surface area (Å²) in [5.41, 5.74) is 4.20.